The van der Waals surface area contributed by atoms with Gasteiger partial charge in [-0.25, -0.2) is 8.42 Å². The molecule has 162 valence electrons. The third kappa shape index (κ3) is 4.68. The Morgan fingerprint density at radius 2 is 1.87 bits per heavy atom. The molecule has 1 N–H and O–H groups in total. The lowest BCUT2D eigenvalue weighted by Crippen LogP contribution is -2.51. The Bertz CT molecular complexity index is 1020. The summed E-state index contributed by atoms with van der Waals surface area (Å²) in [6.07, 6.45) is 1.30. The molecular formula is C23H30N2O4S. The molecule has 0 bridgehead atoms. The SMILES string of the molecule is COc1ccc(CNC(=O)[C@@]2(C)CCCN(S(=O)(=O)c3ccc(C)cc3C)C2)cc1. The normalized spacial score (nSPS) is 20.0. The number of carbonyl (C=O) groups excluding carboxylic acids is 1. The van der Waals surface area contributed by atoms with Crippen LogP contribution in [0.2, 0.25) is 0 Å². The topological polar surface area (TPSA) is 75.7 Å². The van der Waals surface area contributed by atoms with Crippen LogP contribution in [-0.4, -0.2) is 38.8 Å². The first-order valence-electron chi connectivity index (χ1n) is 10.1. The zero-order valence-corrected chi connectivity index (χ0v) is 18.9. The van der Waals surface area contributed by atoms with E-state index in [1.54, 1.807) is 13.2 Å². The molecule has 0 aliphatic carbocycles. The average Bonchev–Trinajstić information content (AvgIpc) is 2.72. The minimum atomic E-state index is -3.65. The van der Waals surface area contributed by atoms with Crippen molar-refractivity contribution in [3.05, 3.63) is 59.2 Å². The van der Waals surface area contributed by atoms with Gasteiger partial charge in [-0.3, -0.25) is 4.79 Å². The first kappa shape index (κ1) is 22.3. The van der Waals surface area contributed by atoms with E-state index in [9.17, 15) is 13.2 Å². The third-order valence-electron chi connectivity index (χ3n) is 5.77. The van der Waals surface area contributed by atoms with Crippen molar-refractivity contribution >= 4 is 15.9 Å². The zero-order valence-electron chi connectivity index (χ0n) is 18.1. The van der Waals surface area contributed by atoms with Gasteiger partial charge in [0.05, 0.1) is 17.4 Å². The van der Waals surface area contributed by atoms with Crippen LogP contribution in [-0.2, 0) is 21.4 Å². The molecule has 0 saturated carbocycles. The maximum Gasteiger partial charge on any atom is 0.243 e. The second-order valence-electron chi connectivity index (χ2n) is 8.30. The molecule has 3 rings (SSSR count). The summed E-state index contributed by atoms with van der Waals surface area (Å²) in [5.41, 5.74) is 1.94. The number of nitrogens with one attached hydrogen (secondary N) is 1. The van der Waals surface area contributed by atoms with Crippen LogP contribution in [0.4, 0.5) is 0 Å². The summed E-state index contributed by atoms with van der Waals surface area (Å²) in [5.74, 6) is 0.635. The fourth-order valence-corrected chi connectivity index (χ4v) is 5.76. The highest BCUT2D eigenvalue weighted by Gasteiger charge is 2.42. The van der Waals surface area contributed by atoms with Crippen LogP contribution in [0.1, 0.15) is 36.5 Å². The van der Waals surface area contributed by atoms with Gasteiger partial charge in [-0.2, -0.15) is 4.31 Å². The summed E-state index contributed by atoms with van der Waals surface area (Å²) in [7, 11) is -2.04. The van der Waals surface area contributed by atoms with Crippen molar-refractivity contribution in [1.29, 1.82) is 0 Å². The summed E-state index contributed by atoms with van der Waals surface area (Å²) in [6.45, 7) is 6.59. The molecule has 1 amide bonds. The number of piperidine rings is 1. The first-order chi connectivity index (χ1) is 14.2. The predicted molar refractivity (Wildman–Crippen MR) is 117 cm³/mol. The zero-order chi connectivity index (χ0) is 21.9. The molecule has 1 aliphatic heterocycles. The number of carbonyl (C=O) groups is 1. The van der Waals surface area contributed by atoms with Crippen molar-refractivity contribution in [3.8, 4) is 5.75 Å². The molecule has 0 radical (unpaired) electrons. The number of rotatable bonds is 6. The van der Waals surface area contributed by atoms with Crippen LogP contribution in [0.25, 0.3) is 0 Å². The molecule has 1 heterocycles. The lowest BCUT2D eigenvalue weighted by Gasteiger charge is -2.38. The van der Waals surface area contributed by atoms with Crippen LogP contribution in [0.3, 0.4) is 0 Å². The Morgan fingerprint density at radius 1 is 1.17 bits per heavy atom. The van der Waals surface area contributed by atoms with E-state index in [1.807, 2.05) is 57.2 Å². The summed E-state index contributed by atoms with van der Waals surface area (Å²) in [4.78, 5) is 13.3. The second kappa shape index (κ2) is 8.78. The molecule has 0 aromatic heterocycles. The molecule has 0 unspecified atom stereocenters. The van der Waals surface area contributed by atoms with Gasteiger partial charge < -0.3 is 10.1 Å². The van der Waals surface area contributed by atoms with Crippen LogP contribution in [0.5, 0.6) is 5.75 Å². The van der Waals surface area contributed by atoms with Gasteiger partial charge >= 0.3 is 0 Å². The lowest BCUT2D eigenvalue weighted by molar-refractivity contribution is -0.132. The second-order valence-corrected chi connectivity index (χ2v) is 10.2. The molecule has 2 aromatic rings. The first-order valence-corrected chi connectivity index (χ1v) is 11.6. The molecule has 1 saturated heterocycles. The van der Waals surface area contributed by atoms with E-state index >= 15 is 0 Å². The Hall–Kier alpha value is -2.38. The van der Waals surface area contributed by atoms with Crippen molar-refractivity contribution in [2.45, 2.75) is 45.1 Å². The summed E-state index contributed by atoms with van der Waals surface area (Å²) < 4.78 is 33.1. The van der Waals surface area contributed by atoms with Crippen molar-refractivity contribution in [2.75, 3.05) is 20.2 Å². The fourth-order valence-electron chi connectivity index (χ4n) is 3.95. The number of hydrogen-bond donors (Lipinski definition) is 1. The molecule has 1 fully saturated rings. The van der Waals surface area contributed by atoms with Gasteiger partial charge in [0.15, 0.2) is 0 Å². The standard InChI is InChI=1S/C23H30N2O4S/c1-17-6-11-21(18(2)14-17)30(27,28)25-13-5-12-23(3,16-25)22(26)24-15-19-7-9-20(29-4)10-8-19/h6-11,14H,5,12-13,15-16H2,1-4H3,(H,24,26)/t23-/m0/s1. The van der Waals surface area contributed by atoms with Crippen LogP contribution in [0, 0.1) is 19.3 Å². The quantitative estimate of drug-likeness (QED) is 0.762. The minimum Gasteiger partial charge on any atom is -0.497 e. The summed E-state index contributed by atoms with van der Waals surface area (Å²) in [5, 5.41) is 2.98. The van der Waals surface area contributed by atoms with E-state index < -0.39 is 15.4 Å². The number of amides is 1. The van der Waals surface area contributed by atoms with E-state index in [1.165, 1.54) is 4.31 Å². The van der Waals surface area contributed by atoms with Crippen LogP contribution >= 0.6 is 0 Å². The van der Waals surface area contributed by atoms with Gasteiger partial charge in [0.25, 0.3) is 0 Å². The van der Waals surface area contributed by atoms with Gasteiger partial charge in [-0.1, -0.05) is 29.8 Å². The Labute approximate surface area is 179 Å². The van der Waals surface area contributed by atoms with Crippen molar-refractivity contribution in [1.82, 2.24) is 9.62 Å². The number of ether oxygens (including phenoxy) is 1. The highest BCUT2D eigenvalue weighted by atomic mass is 32.2. The van der Waals surface area contributed by atoms with E-state index in [-0.39, 0.29) is 12.5 Å². The maximum atomic E-state index is 13.3. The Kier molecular flexibility index (Phi) is 6.53. The van der Waals surface area contributed by atoms with Crippen LogP contribution in [0.15, 0.2) is 47.4 Å². The number of aryl methyl sites for hydroxylation is 2. The predicted octanol–water partition coefficient (Wildman–Crippen LogP) is 3.42. The lowest BCUT2D eigenvalue weighted by atomic mass is 9.82. The fraction of sp³-hybridized carbons (Fsp3) is 0.435. The monoisotopic (exact) mass is 430 g/mol. The number of hydrogen-bond acceptors (Lipinski definition) is 4. The maximum absolute atomic E-state index is 13.3. The molecule has 7 heteroatoms. The van der Waals surface area contributed by atoms with Gasteiger partial charge in [0, 0.05) is 19.6 Å². The molecule has 1 atom stereocenters. The van der Waals surface area contributed by atoms with Gasteiger partial charge in [0.1, 0.15) is 5.75 Å². The number of sulfonamides is 1. The molecule has 30 heavy (non-hydrogen) atoms. The third-order valence-corrected chi connectivity index (χ3v) is 7.78. The van der Waals surface area contributed by atoms with Crippen molar-refractivity contribution in [2.24, 2.45) is 5.41 Å². The molecule has 6 nitrogen and oxygen atoms in total. The Morgan fingerprint density at radius 3 is 2.50 bits per heavy atom. The minimum absolute atomic E-state index is 0.126. The Balaban J connectivity index is 1.72. The largest absolute Gasteiger partial charge is 0.497 e. The van der Waals surface area contributed by atoms with Crippen molar-refractivity contribution < 1.29 is 17.9 Å². The molecule has 1 aliphatic rings. The van der Waals surface area contributed by atoms with Gasteiger partial charge in [0.2, 0.25) is 15.9 Å². The average molecular weight is 431 g/mol. The van der Waals surface area contributed by atoms with Crippen molar-refractivity contribution in [3.63, 3.8) is 0 Å². The number of methoxy groups -OCH3 is 1. The number of benzene rings is 2. The smallest absolute Gasteiger partial charge is 0.243 e. The highest BCUT2D eigenvalue weighted by molar-refractivity contribution is 7.89. The summed E-state index contributed by atoms with van der Waals surface area (Å²) in [6, 6.07) is 12.8. The molecule has 2 aromatic carbocycles. The van der Waals surface area contributed by atoms with E-state index in [0.29, 0.717) is 30.8 Å². The van der Waals surface area contributed by atoms with Gasteiger partial charge in [-0.05, 0) is 62.9 Å². The van der Waals surface area contributed by atoms with Gasteiger partial charge in [-0.15, -0.1) is 0 Å². The highest BCUT2D eigenvalue weighted by Crippen LogP contribution is 2.33. The van der Waals surface area contributed by atoms with E-state index in [0.717, 1.165) is 22.4 Å². The molecular weight excluding hydrogens is 400 g/mol. The number of nitrogens with zero attached hydrogens (tertiary/aromatic N) is 1. The summed E-state index contributed by atoms with van der Waals surface area (Å²) >= 11 is 0. The van der Waals surface area contributed by atoms with E-state index in [4.69, 9.17) is 4.74 Å². The van der Waals surface area contributed by atoms with E-state index in [2.05, 4.69) is 5.32 Å². The molecule has 0 spiro atoms. The van der Waals surface area contributed by atoms with Crippen LogP contribution < -0.4 is 10.1 Å².